The largest absolute Gasteiger partial charge is 0.484 e. The van der Waals surface area contributed by atoms with Crippen molar-refractivity contribution in [3.8, 4) is 5.75 Å². The van der Waals surface area contributed by atoms with Gasteiger partial charge in [0.25, 0.3) is 0 Å². The summed E-state index contributed by atoms with van der Waals surface area (Å²) in [6, 6.07) is 19.3. The van der Waals surface area contributed by atoms with E-state index >= 15 is 0 Å². The molecular formula is C17H18INO. The van der Waals surface area contributed by atoms with Gasteiger partial charge in [-0.25, -0.2) is 0 Å². The van der Waals surface area contributed by atoms with Crippen molar-refractivity contribution in [2.75, 3.05) is 6.54 Å². The van der Waals surface area contributed by atoms with E-state index in [4.69, 9.17) is 4.74 Å². The van der Waals surface area contributed by atoms with Crippen LogP contribution < -0.4 is 10.1 Å². The van der Waals surface area contributed by atoms with E-state index in [2.05, 4.69) is 64.3 Å². The topological polar surface area (TPSA) is 21.3 Å². The van der Waals surface area contributed by atoms with E-state index in [1.165, 1.54) is 22.0 Å². The van der Waals surface area contributed by atoms with Crippen molar-refractivity contribution in [2.45, 2.75) is 25.0 Å². The number of halogens is 1. The van der Waals surface area contributed by atoms with Crippen LogP contribution in [0.2, 0.25) is 0 Å². The highest BCUT2D eigenvalue weighted by Crippen LogP contribution is 2.25. The number of hydrogen-bond donors (Lipinski definition) is 1. The summed E-state index contributed by atoms with van der Waals surface area (Å²) in [5.74, 6) is 0.934. The Morgan fingerprint density at radius 1 is 1.10 bits per heavy atom. The number of benzene rings is 2. The van der Waals surface area contributed by atoms with Crippen LogP contribution in [0.4, 0.5) is 0 Å². The van der Waals surface area contributed by atoms with Crippen LogP contribution in [-0.4, -0.2) is 12.6 Å². The predicted octanol–water partition coefficient (Wildman–Crippen LogP) is 4.16. The first kappa shape index (κ1) is 13.9. The lowest BCUT2D eigenvalue weighted by molar-refractivity contribution is 0.201. The Hall–Kier alpha value is -1.07. The number of nitrogens with one attached hydrogen (secondary N) is 1. The Kier molecular flexibility index (Phi) is 4.58. The fourth-order valence-electron chi connectivity index (χ4n) is 2.16. The molecule has 20 heavy (non-hydrogen) atoms. The molecule has 2 aromatic carbocycles. The molecule has 1 N–H and O–H groups in total. The van der Waals surface area contributed by atoms with Gasteiger partial charge in [0.2, 0.25) is 0 Å². The highest BCUT2D eigenvalue weighted by molar-refractivity contribution is 14.1. The molecule has 0 heterocycles. The van der Waals surface area contributed by atoms with Crippen LogP contribution in [0.5, 0.6) is 5.75 Å². The molecular weight excluding hydrogens is 361 g/mol. The minimum Gasteiger partial charge on any atom is -0.484 e. The summed E-state index contributed by atoms with van der Waals surface area (Å²) < 4.78 is 7.39. The van der Waals surface area contributed by atoms with E-state index in [0.29, 0.717) is 6.04 Å². The summed E-state index contributed by atoms with van der Waals surface area (Å²) in [4.78, 5) is 0. The van der Waals surface area contributed by atoms with Gasteiger partial charge in [-0.2, -0.15) is 0 Å². The fraction of sp³-hybridized carbons (Fsp3) is 0.294. The molecule has 2 aromatic rings. The maximum atomic E-state index is 6.19. The van der Waals surface area contributed by atoms with Gasteiger partial charge in [0, 0.05) is 16.2 Å². The van der Waals surface area contributed by atoms with Crippen LogP contribution in [0.3, 0.4) is 0 Å². The molecule has 1 aliphatic rings. The summed E-state index contributed by atoms with van der Waals surface area (Å²) >= 11 is 2.31. The first-order chi connectivity index (χ1) is 9.81. The van der Waals surface area contributed by atoms with E-state index in [9.17, 15) is 0 Å². The first-order valence-electron chi connectivity index (χ1n) is 7.02. The van der Waals surface area contributed by atoms with Gasteiger partial charge in [-0.3, -0.25) is 0 Å². The van der Waals surface area contributed by atoms with E-state index in [1.54, 1.807) is 0 Å². The standard InChI is InChI=1S/C17H18INO/c18-14-7-4-8-16(11-14)20-17(12-19-15-9-10-15)13-5-2-1-3-6-13/h1-8,11,15,17,19H,9-10,12H2. The van der Waals surface area contributed by atoms with E-state index in [0.717, 1.165) is 12.3 Å². The van der Waals surface area contributed by atoms with Gasteiger partial charge in [-0.1, -0.05) is 36.4 Å². The van der Waals surface area contributed by atoms with Gasteiger partial charge in [0.1, 0.15) is 11.9 Å². The number of hydrogen-bond acceptors (Lipinski definition) is 2. The van der Waals surface area contributed by atoms with Gasteiger partial charge >= 0.3 is 0 Å². The molecule has 1 unspecified atom stereocenters. The highest BCUT2D eigenvalue weighted by atomic mass is 127. The van der Waals surface area contributed by atoms with Crippen molar-refractivity contribution in [1.82, 2.24) is 5.32 Å². The Morgan fingerprint density at radius 2 is 1.90 bits per heavy atom. The zero-order valence-electron chi connectivity index (χ0n) is 11.3. The van der Waals surface area contributed by atoms with Crippen molar-refractivity contribution < 1.29 is 4.74 Å². The number of ether oxygens (including phenoxy) is 1. The molecule has 1 aliphatic carbocycles. The van der Waals surface area contributed by atoms with Crippen LogP contribution in [0.1, 0.15) is 24.5 Å². The second-order valence-corrected chi connectivity index (χ2v) is 6.40. The molecule has 3 heteroatoms. The van der Waals surface area contributed by atoms with Crippen molar-refractivity contribution in [1.29, 1.82) is 0 Å². The van der Waals surface area contributed by atoms with Crippen molar-refractivity contribution in [2.24, 2.45) is 0 Å². The summed E-state index contributed by atoms with van der Waals surface area (Å²) in [7, 11) is 0. The van der Waals surface area contributed by atoms with Gasteiger partial charge in [0.15, 0.2) is 0 Å². The molecule has 1 fully saturated rings. The molecule has 0 spiro atoms. The van der Waals surface area contributed by atoms with Gasteiger partial charge in [0.05, 0.1) is 0 Å². The summed E-state index contributed by atoms with van der Waals surface area (Å²) in [6.07, 6.45) is 2.66. The highest BCUT2D eigenvalue weighted by Gasteiger charge is 2.23. The summed E-state index contributed by atoms with van der Waals surface area (Å²) in [5.41, 5.74) is 1.22. The second-order valence-electron chi connectivity index (χ2n) is 5.16. The average Bonchev–Trinajstić information content (AvgIpc) is 3.29. The van der Waals surface area contributed by atoms with Gasteiger partial charge < -0.3 is 10.1 Å². The molecule has 1 saturated carbocycles. The molecule has 1 atom stereocenters. The Balaban J connectivity index is 1.73. The minimum atomic E-state index is 0.0648. The van der Waals surface area contributed by atoms with Crippen LogP contribution in [0.25, 0.3) is 0 Å². The van der Waals surface area contributed by atoms with Crippen molar-refractivity contribution >= 4 is 22.6 Å². The van der Waals surface area contributed by atoms with E-state index in [-0.39, 0.29) is 6.10 Å². The third kappa shape index (κ3) is 3.96. The molecule has 0 amide bonds. The Labute approximate surface area is 133 Å². The zero-order valence-corrected chi connectivity index (χ0v) is 13.4. The quantitative estimate of drug-likeness (QED) is 0.761. The zero-order chi connectivity index (χ0) is 13.8. The van der Waals surface area contributed by atoms with E-state index in [1.807, 2.05) is 18.2 Å². The molecule has 0 bridgehead atoms. The monoisotopic (exact) mass is 379 g/mol. The lowest BCUT2D eigenvalue weighted by Gasteiger charge is -2.20. The molecule has 3 rings (SSSR count). The molecule has 0 aromatic heterocycles. The fourth-order valence-corrected chi connectivity index (χ4v) is 2.68. The number of rotatable bonds is 6. The molecule has 0 radical (unpaired) electrons. The summed E-state index contributed by atoms with van der Waals surface area (Å²) in [5, 5.41) is 3.56. The Morgan fingerprint density at radius 3 is 2.60 bits per heavy atom. The van der Waals surface area contributed by atoms with Gasteiger partial charge in [-0.15, -0.1) is 0 Å². The van der Waals surface area contributed by atoms with Crippen molar-refractivity contribution in [3.05, 3.63) is 63.7 Å². The van der Waals surface area contributed by atoms with Crippen LogP contribution in [0, 0.1) is 3.57 Å². The Bertz CT molecular complexity index is 554. The van der Waals surface area contributed by atoms with Crippen LogP contribution in [-0.2, 0) is 0 Å². The molecule has 0 aliphatic heterocycles. The molecule has 104 valence electrons. The lowest BCUT2D eigenvalue weighted by atomic mass is 10.1. The predicted molar refractivity (Wildman–Crippen MR) is 90.0 cm³/mol. The maximum Gasteiger partial charge on any atom is 0.136 e. The van der Waals surface area contributed by atoms with Crippen LogP contribution >= 0.6 is 22.6 Å². The van der Waals surface area contributed by atoms with Gasteiger partial charge in [-0.05, 0) is 59.2 Å². The normalized spacial score (nSPS) is 15.8. The molecule has 2 nitrogen and oxygen atoms in total. The molecule has 0 saturated heterocycles. The van der Waals surface area contributed by atoms with E-state index < -0.39 is 0 Å². The van der Waals surface area contributed by atoms with Crippen LogP contribution in [0.15, 0.2) is 54.6 Å². The average molecular weight is 379 g/mol. The maximum absolute atomic E-state index is 6.19. The third-order valence-corrected chi connectivity index (χ3v) is 4.09. The lowest BCUT2D eigenvalue weighted by Crippen LogP contribution is -2.26. The third-order valence-electron chi connectivity index (χ3n) is 3.42. The smallest absolute Gasteiger partial charge is 0.136 e. The minimum absolute atomic E-state index is 0.0648. The SMILES string of the molecule is Ic1cccc(OC(CNC2CC2)c2ccccc2)c1. The van der Waals surface area contributed by atoms with Crippen molar-refractivity contribution in [3.63, 3.8) is 0 Å². The second kappa shape index (κ2) is 6.59. The summed E-state index contributed by atoms with van der Waals surface area (Å²) in [6.45, 7) is 0.861. The first-order valence-corrected chi connectivity index (χ1v) is 8.10.